The van der Waals surface area contributed by atoms with E-state index in [0.717, 1.165) is 19.4 Å². The van der Waals surface area contributed by atoms with Gasteiger partial charge in [-0.25, -0.2) is 0 Å². The zero-order chi connectivity index (χ0) is 13.1. The Labute approximate surface area is 104 Å². The van der Waals surface area contributed by atoms with Gasteiger partial charge in [-0.3, -0.25) is 14.3 Å². The molecule has 1 unspecified atom stereocenters. The fourth-order valence-electron chi connectivity index (χ4n) is 1.97. The molecule has 0 aromatic carbocycles. The Morgan fingerprint density at radius 3 is 3.00 bits per heavy atom. The Morgan fingerprint density at radius 1 is 1.67 bits per heavy atom. The first-order chi connectivity index (χ1) is 8.61. The smallest absolute Gasteiger partial charge is 0.269 e. The molecule has 0 saturated carbocycles. The Balaban J connectivity index is 2.24. The third-order valence-corrected chi connectivity index (χ3v) is 2.89. The van der Waals surface area contributed by atoms with Crippen LogP contribution >= 0.6 is 0 Å². The van der Waals surface area contributed by atoms with Gasteiger partial charge in [0.15, 0.2) is 5.69 Å². The number of hydrogen-bond acceptors (Lipinski definition) is 4. The number of aromatic nitrogens is 2. The topological polar surface area (TPSA) is 99.2 Å². The van der Waals surface area contributed by atoms with E-state index in [1.54, 1.807) is 0 Å². The highest BCUT2D eigenvalue weighted by Crippen LogP contribution is 2.15. The first-order valence-corrected chi connectivity index (χ1v) is 5.83. The number of hydrogen-bond donors (Lipinski definition) is 2. The van der Waals surface area contributed by atoms with E-state index in [4.69, 9.17) is 10.5 Å². The van der Waals surface area contributed by atoms with Crippen LogP contribution in [0.4, 0.5) is 0 Å². The van der Waals surface area contributed by atoms with E-state index in [0.29, 0.717) is 12.2 Å². The molecule has 98 valence electrons. The van der Waals surface area contributed by atoms with Crippen LogP contribution in [0.2, 0.25) is 0 Å². The molecule has 0 bridgehead atoms. The normalized spacial score (nSPS) is 18.8. The molecular formula is C11H16N4O3. The lowest BCUT2D eigenvalue weighted by atomic mass is 10.2. The zero-order valence-corrected chi connectivity index (χ0v) is 10.2. The molecule has 2 amide bonds. The molecule has 0 radical (unpaired) electrons. The standard InChI is InChI=1S/C11H16N4O3/c1-13-11(17)9-5-8(10(12)16)14-15(9)6-7-3-2-4-18-7/h5,7H,2-4,6H2,1H3,(H2,12,16)(H,13,17). The minimum Gasteiger partial charge on any atom is -0.376 e. The molecule has 1 fully saturated rings. The fourth-order valence-corrected chi connectivity index (χ4v) is 1.97. The Morgan fingerprint density at radius 2 is 2.44 bits per heavy atom. The molecule has 7 nitrogen and oxygen atoms in total. The van der Waals surface area contributed by atoms with Crippen molar-refractivity contribution in [1.29, 1.82) is 0 Å². The van der Waals surface area contributed by atoms with Crippen LogP contribution in [0.25, 0.3) is 0 Å². The van der Waals surface area contributed by atoms with Crippen molar-refractivity contribution in [2.45, 2.75) is 25.5 Å². The van der Waals surface area contributed by atoms with Crippen molar-refractivity contribution in [2.75, 3.05) is 13.7 Å². The van der Waals surface area contributed by atoms with Gasteiger partial charge in [-0.1, -0.05) is 0 Å². The lowest BCUT2D eigenvalue weighted by molar-refractivity contribution is 0.0874. The molecule has 7 heteroatoms. The molecule has 18 heavy (non-hydrogen) atoms. The number of primary amides is 1. The van der Waals surface area contributed by atoms with Crippen molar-refractivity contribution in [3.05, 3.63) is 17.5 Å². The van der Waals surface area contributed by atoms with E-state index in [-0.39, 0.29) is 17.7 Å². The largest absolute Gasteiger partial charge is 0.376 e. The van der Waals surface area contributed by atoms with Crippen LogP contribution in [0.1, 0.15) is 33.8 Å². The van der Waals surface area contributed by atoms with Crippen molar-refractivity contribution in [3.8, 4) is 0 Å². The van der Waals surface area contributed by atoms with Crippen molar-refractivity contribution < 1.29 is 14.3 Å². The number of carbonyl (C=O) groups is 2. The van der Waals surface area contributed by atoms with Crippen LogP contribution in [-0.2, 0) is 11.3 Å². The van der Waals surface area contributed by atoms with E-state index < -0.39 is 5.91 Å². The highest BCUT2D eigenvalue weighted by molar-refractivity contribution is 5.97. The van der Waals surface area contributed by atoms with E-state index in [9.17, 15) is 9.59 Å². The Hall–Kier alpha value is -1.89. The summed E-state index contributed by atoms with van der Waals surface area (Å²) in [5.41, 5.74) is 5.58. The summed E-state index contributed by atoms with van der Waals surface area (Å²) < 4.78 is 6.97. The van der Waals surface area contributed by atoms with Crippen LogP contribution in [0, 0.1) is 0 Å². The Kier molecular flexibility index (Phi) is 3.61. The van der Waals surface area contributed by atoms with Crippen LogP contribution in [0.15, 0.2) is 6.07 Å². The minimum atomic E-state index is -0.647. The number of nitrogens with zero attached hydrogens (tertiary/aromatic N) is 2. The molecular weight excluding hydrogens is 236 g/mol. The quantitative estimate of drug-likeness (QED) is 0.756. The molecule has 1 aromatic heterocycles. The van der Waals surface area contributed by atoms with Crippen molar-refractivity contribution in [2.24, 2.45) is 5.73 Å². The second kappa shape index (κ2) is 5.18. The van der Waals surface area contributed by atoms with Gasteiger partial charge < -0.3 is 15.8 Å². The summed E-state index contributed by atoms with van der Waals surface area (Å²) in [7, 11) is 1.52. The second-order valence-corrected chi connectivity index (χ2v) is 4.18. The van der Waals surface area contributed by atoms with Crippen LogP contribution in [0.3, 0.4) is 0 Å². The monoisotopic (exact) mass is 252 g/mol. The SMILES string of the molecule is CNC(=O)c1cc(C(N)=O)nn1CC1CCCO1. The molecule has 2 rings (SSSR count). The predicted octanol–water partition coefficient (Wildman–Crippen LogP) is -0.479. The van der Waals surface area contributed by atoms with Gasteiger partial charge in [-0.15, -0.1) is 0 Å². The molecule has 1 atom stereocenters. The molecule has 1 aromatic rings. The number of rotatable bonds is 4. The van der Waals surface area contributed by atoms with Gasteiger partial charge in [-0.2, -0.15) is 5.10 Å². The maximum absolute atomic E-state index is 11.7. The number of ether oxygens (including phenoxy) is 1. The number of amides is 2. The van der Waals surface area contributed by atoms with Crippen LogP contribution in [-0.4, -0.2) is 41.4 Å². The van der Waals surface area contributed by atoms with Gasteiger partial charge in [0.25, 0.3) is 11.8 Å². The summed E-state index contributed by atoms with van der Waals surface area (Å²) in [5.74, 6) is -0.945. The molecule has 1 aliphatic heterocycles. The van der Waals surface area contributed by atoms with Gasteiger partial charge in [0.1, 0.15) is 5.69 Å². The molecule has 0 spiro atoms. The van der Waals surface area contributed by atoms with Gasteiger partial charge in [0.2, 0.25) is 0 Å². The van der Waals surface area contributed by atoms with Gasteiger partial charge >= 0.3 is 0 Å². The molecule has 1 aliphatic rings. The highest BCUT2D eigenvalue weighted by Gasteiger charge is 2.22. The first-order valence-electron chi connectivity index (χ1n) is 5.83. The van der Waals surface area contributed by atoms with Crippen molar-refractivity contribution in [3.63, 3.8) is 0 Å². The lowest BCUT2D eigenvalue weighted by Crippen LogP contribution is -2.25. The van der Waals surface area contributed by atoms with E-state index >= 15 is 0 Å². The third-order valence-electron chi connectivity index (χ3n) is 2.89. The number of nitrogens with two attached hydrogens (primary N) is 1. The summed E-state index contributed by atoms with van der Waals surface area (Å²) in [4.78, 5) is 22.8. The van der Waals surface area contributed by atoms with Crippen molar-refractivity contribution >= 4 is 11.8 Å². The van der Waals surface area contributed by atoms with Crippen LogP contribution < -0.4 is 11.1 Å². The lowest BCUT2D eigenvalue weighted by Gasteiger charge is -2.11. The molecule has 1 saturated heterocycles. The minimum absolute atomic E-state index is 0.0361. The summed E-state index contributed by atoms with van der Waals surface area (Å²) in [6.45, 7) is 1.18. The molecule has 3 N–H and O–H groups in total. The zero-order valence-electron chi connectivity index (χ0n) is 10.2. The molecule has 0 aliphatic carbocycles. The first kappa shape index (κ1) is 12.6. The van der Waals surface area contributed by atoms with Gasteiger partial charge in [-0.05, 0) is 12.8 Å². The Bertz CT molecular complexity index is 463. The number of nitrogens with one attached hydrogen (secondary N) is 1. The van der Waals surface area contributed by atoms with Gasteiger partial charge in [0.05, 0.1) is 12.6 Å². The van der Waals surface area contributed by atoms with Crippen LogP contribution in [0.5, 0.6) is 0 Å². The number of carbonyl (C=O) groups excluding carboxylic acids is 2. The average Bonchev–Trinajstić information content (AvgIpc) is 2.98. The van der Waals surface area contributed by atoms with Crippen molar-refractivity contribution in [1.82, 2.24) is 15.1 Å². The maximum Gasteiger partial charge on any atom is 0.269 e. The predicted molar refractivity (Wildman–Crippen MR) is 63.1 cm³/mol. The van der Waals surface area contributed by atoms with E-state index in [2.05, 4.69) is 10.4 Å². The average molecular weight is 252 g/mol. The van der Waals surface area contributed by atoms with Gasteiger partial charge in [0, 0.05) is 19.7 Å². The third kappa shape index (κ3) is 2.51. The summed E-state index contributed by atoms with van der Waals surface area (Å²) >= 11 is 0. The van der Waals surface area contributed by atoms with E-state index in [1.165, 1.54) is 17.8 Å². The fraction of sp³-hybridized carbons (Fsp3) is 0.545. The summed E-state index contributed by atoms with van der Waals surface area (Å²) in [6, 6.07) is 1.40. The highest BCUT2D eigenvalue weighted by atomic mass is 16.5. The summed E-state index contributed by atoms with van der Waals surface area (Å²) in [5, 5.41) is 6.55. The molecule has 2 heterocycles. The maximum atomic E-state index is 11.7. The summed E-state index contributed by atoms with van der Waals surface area (Å²) in [6.07, 6.45) is 1.97. The van der Waals surface area contributed by atoms with E-state index in [1.807, 2.05) is 0 Å². The second-order valence-electron chi connectivity index (χ2n) is 4.18.